The van der Waals surface area contributed by atoms with Crippen LogP contribution in [0.15, 0.2) is 35.0 Å². The number of nitrogens with zero attached hydrogens (tertiary/aromatic N) is 1. The molecule has 0 aliphatic carbocycles. The normalized spacial score (nSPS) is 12.1. The van der Waals surface area contributed by atoms with Crippen molar-refractivity contribution in [2.45, 2.75) is 13.0 Å². The lowest BCUT2D eigenvalue weighted by atomic mass is 10.1. The molecule has 0 spiro atoms. The molecular formula is C12H11FN2O2S. The summed E-state index contributed by atoms with van der Waals surface area (Å²) in [6, 6.07) is 5.38. The Bertz CT molecular complexity index is 557. The van der Waals surface area contributed by atoms with Crippen LogP contribution in [0.1, 0.15) is 18.5 Å². The molecule has 0 saturated heterocycles. The molecular weight excluding hydrogens is 255 g/mol. The SMILES string of the molecule is CC(Nc1ccc(F)cc1[N+](=O)[O-])c1ccsc1. The quantitative estimate of drug-likeness (QED) is 0.673. The van der Waals surface area contributed by atoms with E-state index in [1.54, 1.807) is 11.3 Å². The number of nitro groups is 1. The Kier molecular flexibility index (Phi) is 3.57. The average Bonchev–Trinajstić information content (AvgIpc) is 2.84. The molecule has 1 atom stereocenters. The van der Waals surface area contributed by atoms with E-state index in [1.807, 2.05) is 23.8 Å². The molecule has 4 nitrogen and oxygen atoms in total. The Morgan fingerprint density at radius 2 is 2.22 bits per heavy atom. The third-order valence-corrected chi connectivity index (χ3v) is 3.27. The van der Waals surface area contributed by atoms with Gasteiger partial charge in [0, 0.05) is 6.04 Å². The number of hydrogen-bond donors (Lipinski definition) is 1. The first-order valence-electron chi connectivity index (χ1n) is 5.30. The zero-order valence-electron chi connectivity index (χ0n) is 9.59. The minimum absolute atomic E-state index is 0.0691. The number of nitrogens with one attached hydrogen (secondary N) is 1. The van der Waals surface area contributed by atoms with Gasteiger partial charge in [-0.1, -0.05) is 0 Å². The Labute approximate surface area is 107 Å². The average molecular weight is 266 g/mol. The van der Waals surface area contributed by atoms with Crippen LogP contribution < -0.4 is 5.32 Å². The standard InChI is InChI=1S/C12H11FN2O2S/c1-8(9-4-5-18-7-9)14-11-3-2-10(13)6-12(11)15(16)17/h2-8,14H,1H3. The lowest BCUT2D eigenvalue weighted by molar-refractivity contribution is -0.384. The van der Waals surface area contributed by atoms with Crippen molar-refractivity contribution in [1.29, 1.82) is 0 Å². The molecule has 0 saturated carbocycles. The van der Waals surface area contributed by atoms with Crippen molar-refractivity contribution in [2.75, 3.05) is 5.32 Å². The Hall–Kier alpha value is -1.95. The van der Waals surface area contributed by atoms with Crippen molar-refractivity contribution >= 4 is 22.7 Å². The molecule has 6 heteroatoms. The molecule has 1 aromatic heterocycles. The zero-order chi connectivity index (χ0) is 13.1. The van der Waals surface area contributed by atoms with E-state index in [-0.39, 0.29) is 11.7 Å². The van der Waals surface area contributed by atoms with Crippen LogP contribution in [0.3, 0.4) is 0 Å². The first kappa shape index (κ1) is 12.5. The number of hydrogen-bond acceptors (Lipinski definition) is 4. The van der Waals surface area contributed by atoms with E-state index in [2.05, 4.69) is 5.32 Å². The predicted octanol–water partition coefficient (Wildman–Crippen LogP) is 3.97. The predicted molar refractivity (Wildman–Crippen MR) is 69.4 cm³/mol. The van der Waals surface area contributed by atoms with Crippen LogP contribution in [-0.4, -0.2) is 4.92 Å². The van der Waals surface area contributed by atoms with Crippen LogP contribution in [0, 0.1) is 15.9 Å². The van der Waals surface area contributed by atoms with Crippen molar-refractivity contribution in [2.24, 2.45) is 0 Å². The fourth-order valence-corrected chi connectivity index (χ4v) is 2.37. The third-order valence-electron chi connectivity index (χ3n) is 2.57. The molecule has 1 heterocycles. The molecule has 0 aliphatic heterocycles. The highest BCUT2D eigenvalue weighted by Crippen LogP contribution is 2.29. The highest BCUT2D eigenvalue weighted by atomic mass is 32.1. The fraction of sp³-hybridized carbons (Fsp3) is 0.167. The summed E-state index contributed by atoms with van der Waals surface area (Å²) in [5, 5.41) is 17.8. The molecule has 0 bridgehead atoms. The van der Waals surface area contributed by atoms with Gasteiger partial charge in [-0.25, -0.2) is 4.39 Å². The summed E-state index contributed by atoms with van der Waals surface area (Å²) >= 11 is 1.56. The second-order valence-corrected chi connectivity index (χ2v) is 4.62. The highest BCUT2D eigenvalue weighted by molar-refractivity contribution is 7.07. The van der Waals surface area contributed by atoms with E-state index < -0.39 is 10.7 Å². The number of anilines is 1. The molecule has 2 aromatic rings. The Morgan fingerprint density at radius 1 is 1.44 bits per heavy atom. The maximum atomic E-state index is 13.0. The lowest BCUT2D eigenvalue weighted by Crippen LogP contribution is -2.07. The maximum Gasteiger partial charge on any atom is 0.295 e. The second kappa shape index (κ2) is 5.14. The van der Waals surface area contributed by atoms with E-state index in [0.29, 0.717) is 5.69 Å². The third kappa shape index (κ3) is 2.65. The molecule has 0 amide bonds. The minimum atomic E-state index is -0.615. The van der Waals surface area contributed by atoms with E-state index >= 15 is 0 Å². The van der Waals surface area contributed by atoms with Gasteiger partial charge in [-0.3, -0.25) is 10.1 Å². The molecule has 94 valence electrons. The minimum Gasteiger partial charge on any atom is -0.373 e. The van der Waals surface area contributed by atoms with E-state index in [9.17, 15) is 14.5 Å². The van der Waals surface area contributed by atoms with Gasteiger partial charge in [-0.2, -0.15) is 11.3 Å². The maximum absolute atomic E-state index is 13.0. The summed E-state index contributed by atoms with van der Waals surface area (Å²) in [4.78, 5) is 10.3. The molecule has 1 N–H and O–H groups in total. The van der Waals surface area contributed by atoms with Gasteiger partial charge < -0.3 is 5.32 Å². The summed E-state index contributed by atoms with van der Waals surface area (Å²) in [6.07, 6.45) is 0. The van der Waals surface area contributed by atoms with Crippen LogP contribution in [0.5, 0.6) is 0 Å². The molecule has 1 aromatic carbocycles. The van der Waals surface area contributed by atoms with Crippen LogP contribution in [-0.2, 0) is 0 Å². The molecule has 0 radical (unpaired) electrons. The van der Waals surface area contributed by atoms with E-state index in [0.717, 1.165) is 11.6 Å². The summed E-state index contributed by atoms with van der Waals surface area (Å²) in [5.41, 5.74) is 1.11. The number of thiophene rings is 1. The summed E-state index contributed by atoms with van der Waals surface area (Å²) < 4.78 is 13.0. The molecule has 18 heavy (non-hydrogen) atoms. The van der Waals surface area contributed by atoms with Gasteiger partial charge in [0.05, 0.1) is 11.0 Å². The van der Waals surface area contributed by atoms with Crippen molar-refractivity contribution in [1.82, 2.24) is 0 Å². The fourth-order valence-electron chi connectivity index (χ4n) is 1.62. The first-order valence-corrected chi connectivity index (χ1v) is 6.25. The Morgan fingerprint density at radius 3 is 2.83 bits per heavy atom. The molecule has 2 rings (SSSR count). The van der Waals surface area contributed by atoms with Crippen LogP contribution in [0.4, 0.5) is 15.8 Å². The molecule has 1 unspecified atom stereocenters. The molecule has 0 fully saturated rings. The topological polar surface area (TPSA) is 55.2 Å². The van der Waals surface area contributed by atoms with Crippen LogP contribution >= 0.6 is 11.3 Å². The van der Waals surface area contributed by atoms with Gasteiger partial charge >= 0.3 is 0 Å². The van der Waals surface area contributed by atoms with Gasteiger partial charge in [0.15, 0.2) is 0 Å². The smallest absolute Gasteiger partial charge is 0.295 e. The summed E-state index contributed by atoms with van der Waals surface area (Å²) in [7, 11) is 0. The van der Waals surface area contributed by atoms with Crippen molar-refractivity contribution in [3.63, 3.8) is 0 Å². The monoisotopic (exact) mass is 266 g/mol. The Balaban J connectivity index is 2.26. The van der Waals surface area contributed by atoms with Gasteiger partial charge in [0.1, 0.15) is 11.5 Å². The summed E-state index contributed by atoms with van der Waals surface area (Å²) in [5.74, 6) is -0.615. The summed E-state index contributed by atoms with van der Waals surface area (Å²) in [6.45, 7) is 1.90. The van der Waals surface area contributed by atoms with Crippen LogP contribution in [0.25, 0.3) is 0 Å². The van der Waals surface area contributed by atoms with Gasteiger partial charge in [0.25, 0.3) is 5.69 Å². The largest absolute Gasteiger partial charge is 0.373 e. The van der Waals surface area contributed by atoms with Gasteiger partial charge in [-0.15, -0.1) is 0 Å². The number of nitro benzene ring substituents is 1. The highest BCUT2D eigenvalue weighted by Gasteiger charge is 2.17. The van der Waals surface area contributed by atoms with Crippen LogP contribution in [0.2, 0.25) is 0 Å². The second-order valence-electron chi connectivity index (χ2n) is 3.84. The van der Waals surface area contributed by atoms with E-state index in [1.165, 1.54) is 12.1 Å². The zero-order valence-corrected chi connectivity index (χ0v) is 10.4. The van der Waals surface area contributed by atoms with Crippen molar-refractivity contribution in [3.8, 4) is 0 Å². The number of benzene rings is 1. The van der Waals surface area contributed by atoms with Gasteiger partial charge in [-0.05, 0) is 41.4 Å². The van der Waals surface area contributed by atoms with Crippen molar-refractivity contribution < 1.29 is 9.31 Å². The van der Waals surface area contributed by atoms with E-state index in [4.69, 9.17) is 0 Å². The number of rotatable bonds is 4. The first-order chi connectivity index (χ1) is 8.58. The van der Waals surface area contributed by atoms with Crippen molar-refractivity contribution in [3.05, 3.63) is 56.5 Å². The number of halogens is 1. The van der Waals surface area contributed by atoms with Gasteiger partial charge in [0.2, 0.25) is 0 Å². The molecule has 0 aliphatic rings. The lowest BCUT2D eigenvalue weighted by Gasteiger charge is -2.14.